The van der Waals surface area contributed by atoms with Crippen LogP contribution in [0, 0.1) is 0 Å². The van der Waals surface area contributed by atoms with Crippen LogP contribution in [0.15, 0.2) is 42.5 Å². The molecule has 0 saturated carbocycles. The van der Waals surface area contributed by atoms with Gasteiger partial charge in [-0.3, -0.25) is 14.5 Å². The van der Waals surface area contributed by atoms with E-state index in [-0.39, 0.29) is 17.4 Å². The highest BCUT2D eigenvalue weighted by Gasteiger charge is 2.22. The zero-order chi connectivity index (χ0) is 20.2. The molecule has 29 heavy (non-hydrogen) atoms. The summed E-state index contributed by atoms with van der Waals surface area (Å²) < 4.78 is 0. The molecular formula is C23H27N3O3. The SMILES string of the molecule is O=C(CN1CCC(Nc2ccccc2O)CC1)Nc1ccc2c(c1)CCCC2=O. The number of nitrogens with zero attached hydrogens (tertiary/aromatic N) is 1. The minimum Gasteiger partial charge on any atom is -0.506 e. The first kappa shape index (κ1) is 19.5. The van der Waals surface area contributed by atoms with Crippen LogP contribution in [0.25, 0.3) is 0 Å². The quantitative estimate of drug-likeness (QED) is 0.678. The zero-order valence-electron chi connectivity index (χ0n) is 16.5. The van der Waals surface area contributed by atoms with E-state index in [2.05, 4.69) is 15.5 Å². The van der Waals surface area contributed by atoms with Gasteiger partial charge in [0.2, 0.25) is 5.91 Å². The number of aryl methyl sites for hydroxylation is 1. The highest BCUT2D eigenvalue weighted by atomic mass is 16.3. The second-order valence-electron chi connectivity index (χ2n) is 7.91. The van der Waals surface area contributed by atoms with Crippen LogP contribution in [0.1, 0.15) is 41.6 Å². The fourth-order valence-electron chi connectivity index (χ4n) is 4.18. The predicted octanol–water partition coefficient (Wildman–Crippen LogP) is 3.43. The Morgan fingerprint density at radius 3 is 2.69 bits per heavy atom. The largest absolute Gasteiger partial charge is 0.506 e. The Morgan fingerprint density at radius 1 is 1.10 bits per heavy atom. The number of rotatable bonds is 5. The number of fused-ring (bicyclic) bond motifs is 1. The average molecular weight is 393 g/mol. The van der Waals surface area contributed by atoms with E-state index >= 15 is 0 Å². The van der Waals surface area contributed by atoms with Crippen molar-refractivity contribution in [2.45, 2.75) is 38.1 Å². The molecule has 2 aromatic carbocycles. The molecule has 0 atom stereocenters. The minimum absolute atomic E-state index is 0.0285. The Hall–Kier alpha value is -2.86. The van der Waals surface area contributed by atoms with E-state index in [1.165, 1.54) is 0 Å². The van der Waals surface area contributed by atoms with E-state index in [1.54, 1.807) is 6.07 Å². The molecule has 0 radical (unpaired) electrons. The molecule has 2 aromatic rings. The van der Waals surface area contributed by atoms with E-state index in [9.17, 15) is 14.7 Å². The summed E-state index contributed by atoms with van der Waals surface area (Å²) in [6.45, 7) is 2.02. The lowest BCUT2D eigenvalue weighted by molar-refractivity contribution is -0.117. The molecule has 6 nitrogen and oxygen atoms in total. The number of likely N-dealkylation sites (tertiary alicyclic amines) is 1. The maximum absolute atomic E-state index is 12.5. The number of carbonyl (C=O) groups excluding carboxylic acids is 2. The second kappa shape index (κ2) is 8.66. The molecule has 0 bridgehead atoms. The van der Waals surface area contributed by atoms with Crippen molar-refractivity contribution in [2.24, 2.45) is 0 Å². The molecule has 6 heteroatoms. The number of nitrogens with one attached hydrogen (secondary N) is 2. The fraction of sp³-hybridized carbons (Fsp3) is 0.391. The number of ketones is 1. The first-order valence-corrected chi connectivity index (χ1v) is 10.3. The maximum atomic E-state index is 12.5. The lowest BCUT2D eigenvalue weighted by atomic mass is 9.90. The first-order chi connectivity index (χ1) is 14.1. The average Bonchev–Trinajstić information content (AvgIpc) is 2.71. The van der Waals surface area contributed by atoms with Crippen molar-refractivity contribution in [3.05, 3.63) is 53.6 Å². The number of amides is 1. The first-order valence-electron chi connectivity index (χ1n) is 10.3. The summed E-state index contributed by atoms with van der Waals surface area (Å²) in [7, 11) is 0. The summed E-state index contributed by atoms with van der Waals surface area (Å²) in [5, 5.41) is 16.3. The van der Waals surface area contributed by atoms with Crippen molar-refractivity contribution in [3.8, 4) is 5.75 Å². The summed E-state index contributed by atoms with van der Waals surface area (Å²) in [6, 6.07) is 13.2. The van der Waals surface area contributed by atoms with Gasteiger partial charge in [0.15, 0.2) is 5.78 Å². The van der Waals surface area contributed by atoms with Crippen LogP contribution >= 0.6 is 0 Å². The number of hydrogen-bond acceptors (Lipinski definition) is 5. The summed E-state index contributed by atoms with van der Waals surface area (Å²) in [6.07, 6.45) is 4.23. The third-order valence-corrected chi connectivity index (χ3v) is 5.76. The van der Waals surface area contributed by atoms with Crippen molar-refractivity contribution < 1.29 is 14.7 Å². The molecule has 3 N–H and O–H groups in total. The van der Waals surface area contributed by atoms with E-state index in [0.717, 1.165) is 61.3 Å². The number of Topliss-reactive ketones (excluding diaryl/α,β-unsaturated/α-hetero) is 1. The monoisotopic (exact) mass is 393 g/mol. The van der Waals surface area contributed by atoms with Gasteiger partial charge < -0.3 is 15.7 Å². The Kier molecular flexibility index (Phi) is 5.81. The third kappa shape index (κ3) is 4.77. The number of phenolic OH excluding ortho intramolecular Hbond substituents is 1. The summed E-state index contributed by atoms with van der Waals surface area (Å²) in [4.78, 5) is 26.5. The van der Waals surface area contributed by atoms with E-state index in [0.29, 0.717) is 19.0 Å². The van der Waals surface area contributed by atoms with Crippen molar-refractivity contribution >= 4 is 23.1 Å². The van der Waals surface area contributed by atoms with Gasteiger partial charge in [0, 0.05) is 36.8 Å². The van der Waals surface area contributed by atoms with Gasteiger partial charge in [0.1, 0.15) is 5.75 Å². The van der Waals surface area contributed by atoms with Crippen molar-refractivity contribution in [2.75, 3.05) is 30.3 Å². The van der Waals surface area contributed by atoms with Crippen LogP contribution in [0.3, 0.4) is 0 Å². The Morgan fingerprint density at radius 2 is 1.90 bits per heavy atom. The highest BCUT2D eigenvalue weighted by molar-refractivity contribution is 5.99. The summed E-state index contributed by atoms with van der Waals surface area (Å²) in [5.41, 5.74) is 3.36. The standard InChI is InChI=1S/C23H27N3O3/c27-21-7-3-4-16-14-18(8-9-19(16)21)25-23(29)15-26-12-10-17(11-13-26)24-20-5-1-2-6-22(20)28/h1-2,5-6,8-9,14,17,24,28H,3-4,7,10-13,15H2,(H,25,29). The molecule has 1 aliphatic carbocycles. The number of hydrogen-bond donors (Lipinski definition) is 3. The Labute approximate surface area is 170 Å². The van der Waals surface area contributed by atoms with Crippen LogP contribution < -0.4 is 10.6 Å². The maximum Gasteiger partial charge on any atom is 0.238 e. The Bertz CT molecular complexity index is 904. The zero-order valence-corrected chi connectivity index (χ0v) is 16.5. The van der Waals surface area contributed by atoms with Gasteiger partial charge in [-0.2, -0.15) is 0 Å². The highest BCUT2D eigenvalue weighted by Crippen LogP contribution is 2.26. The number of benzene rings is 2. The fourth-order valence-corrected chi connectivity index (χ4v) is 4.18. The van der Waals surface area contributed by atoms with Gasteiger partial charge in [0.05, 0.1) is 12.2 Å². The molecule has 4 rings (SSSR count). The van der Waals surface area contributed by atoms with Crippen LogP contribution in [-0.4, -0.2) is 47.4 Å². The topological polar surface area (TPSA) is 81.7 Å². The van der Waals surface area contributed by atoms with Crippen LogP contribution in [0.4, 0.5) is 11.4 Å². The van der Waals surface area contributed by atoms with Crippen LogP contribution in [0.2, 0.25) is 0 Å². The number of carbonyl (C=O) groups is 2. The van der Waals surface area contributed by atoms with E-state index in [4.69, 9.17) is 0 Å². The normalized spacial score (nSPS) is 17.6. The molecule has 1 saturated heterocycles. The molecule has 0 unspecified atom stereocenters. The molecular weight excluding hydrogens is 366 g/mol. The smallest absolute Gasteiger partial charge is 0.238 e. The van der Waals surface area contributed by atoms with Gasteiger partial charge in [-0.25, -0.2) is 0 Å². The Balaban J connectivity index is 1.26. The summed E-state index contributed by atoms with van der Waals surface area (Å²) in [5.74, 6) is 0.435. The molecule has 152 valence electrons. The van der Waals surface area contributed by atoms with E-state index < -0.39 is 0 Å². The lowest BCUT2D eigenvalue weighted by Crippen LogP contribution is -2.42. The molecule has 1 amide bonds. The van der Waals surface area contributed by atoms with Gasteiger partial charge in [-0.05, 0) is 61.6 Å². The molecule has 0 spiro atoms. The van der Waals surface area contributed by atoms with Crippen molar-refractivity contribution in [1.82, 2.24) is 4.90 Å². The molecule has 0 aromatic heterocycles. The van der Waals surface area contributed by atoms with Crippen LogP contribution in [0.5, 0.6) is 5.75 Å². The van der Waals surface area contributed by atoms with Crippen LogP contribution in [-0.2, 0) is 11.2 Å². The minimum atomic E-state index is -0.0285. The van der Waals surface area contributed by atoms with Crippen molar-refractivity contribution in [3.63, 3.8) is 0 Å². The lowest BCUT2D eigenvalue weighted by Gasteiger charge is -2.32. The predicted molar refractivity (Wildman–Crippen MR) is 114 cm³/mol. The van der Waals surface area contributed by atoms with Gasteiger partial charge in [-0.15, -0.1) is 0 Å². The number of anilines is 2. The third-order valence-electron chi connectivity index (χ3n) is 5.76. The number of para-hydroxylation sites is 2. The molecule has 2 aliphatic rings. The number of aromatic hydroxyl groups is 1. The van der Waals surface area contributed by atoms with Gasteiger partial charge in [0.25, 0.3) is 0 Å². The van der Waals surface area contributed by atoms with Gasteiger partial charge in [-0.1, -0.05) is 12.1 Å². The van der Waals surface area contributed by atoms with Crippen molar-refractivity contribution in [1.29, 1.82) is 0 Å². The molecule has 1 heterocycles. The molecule has 1 aliphatic heterocycles. The second-order valence-corrected chi connectivity index (χ2v) is 7.91. The number of piperidine rings is 1. The van der Waals surface area contributed by atoms with Gasteiger partial charge >= 0.3 is 0 Å². The van der Waals surface area contributed by atoms with E-state index in [1.807, 2.05) is 36.4 Å². The number of phenols is 1. The molecule has 1 fully saturated rings. The summed E-state index contributed by atoms with van der Waals surface area (Å²) >= 11 is 0.